The first-order chi connectivity index (χ1) is 12.7. The van der Waals surface area contributed by atoms with Gasteiger partial charge in [0.05, 0.1) is 6.04 Å². The van der Waals surface area contributed by atoms with Crippen LogP contribution < -0.4 is 0 Å². The quantitative estimate of drug-likeness (QED) is 0.823. The summed E-state index contributed by atoms with van der Waals surface area (Å²) < 4.78 is 5.49. The molecule has 4 rings (SSSR count). The van der Waals surface area contributed by atoms with Crippen LogP contribution in [-0.4, -0.2) is 24.0 Å². The van der Waals surface area contributed by atoms with Crippen LogP contribution in [0.15, 0.2) is 54.6 Å². The highest BCUT2D eigenvalue weighted by Crippen LogP contribution is 2.36. The van der Waals surface area contributed by atoms with Gasteiger partial charge in [-0.25, -0.2) is 0 Å². The van der Waals surface area contributed by atoms with Crippen LogP contribution in [0.3, 0.4) is 0 Å². The Labute approximate surface area is 156 Å². The van der Waals surface area contributed by atoms with E-state index in [2.05, 4.69) is 60.4 Å². The predicted octanol–water partition coefficient (Wildman–Crippen LogP) is 4.38. The average Bonchev–Trinajstić information content (AvgIpc) is 2.73. The molecule has 0 aromatic heterocycles. The van der Waals surface area contributed by atoms with Gasteiger partial charge >= 0.3 is 0 Å². The maximum absolute atomic E-state index is 13.5. The van der Waals surface area contributed by atoms with Crippen molar-refractivity contribution in [3.8, 4) is 0 Å². The summed E-state index contributed by atoms with van der Waals surface area (Å²) >= 11 is 0. The maximum atomic E-state index is 13.5. The molecule has 3 heteroatoms. The normalized spacial score (nSPS) is 21.9. The van der Waals surface area contributed by atoms with Gasteiger partial charge in [-0.15, -0.1) is 0 Å². The fraction of sp³-hybridized carbons (Fsp3) is 0.435. The number of carbonyl (C=O) groups excluding carboxylic acids is 1. The molecular formula is C23H27NO2. The minimum atomic E-state index is 0.0513. The Morgan fingerprint density at radius 3 is 2.38 bits per heavy atom. The SMILES string of the molecule is C[C@H](C(=O)N1Cc2ccccc2C[C@H]1c1ccccc1)C1CCOCC1. The van der Waals surface area contributed by atoms with Gasteiger partial charge in [0.15, 0.2) is 0 Å². The maximum Gasteiger partial charge on any atom is 0.226 e. The van der Waals surface area contributed by atoms with Crippen molar-refractivity contribution in [3.63, 3.8) is 0 Å². The monoisotopic (exact) mass is 349 g/mol. The minimum absolute atomic E-state index is 0.0513. The lowest BCUT2D eigenvalue weighted by Gasteiger charge is -2.40. The molecule has 3 nitrogen and oxygen atoms in total. The molecule has 0 radical (unpaired) electrons. The van der Waals surface area contributed by atoms with Crippen molar-refractivity contribution >= 4 is 5.91 Å². The number of benzene rings is 2. The molecule has 2 aliphatic rings. The zero-order valence-electron chi connectivity index (χ0n) is 15.4. The van der Waals surface area contributed by atoms with Crippen molar-refractivity contribution in [1.82, 2.24) is 4.90 Å². The first-order valence-electron chi connectivity index (χ1n) is 9.74. The van der Waals surface area contributed by atoms with Gasteiger partial charge in [0.2, 0.25) is 5.91 Å². The summed E-state index contributed by atoms with van der Waals surface area (Å²) in [7, 11) is 0. The summed E-state index contributed by atoms with van der Waals surface area (Å²) in [6, 6.07) is 19.1. The molecule has 2 atom stereocenters. The van der Waals surface area contributed by atoms with Gasteiger partial charge in [-0.05, 0) is 41.9 Å². The van der Waals surface area contributed by atoms with Crippen LogP contribution in [0.1, 0.15) is 42.5 Å². The van der Waals surface area contributed by atoms with Crippen molar-refractivity contribution in [3.05, 3.63) is 71.3 Å². The second kappa shape index (κ2) is 7.63. The van der Waals surface area contributed by atoms with Gasteiger partial charge in [-0.1, -0.05) is 61.5 Å². The third-order valence-electron chi connectivity index (χ3n) is 6.08. The molecule has 2 aliphatic heterocycles. The summed E-state index contributed by atoms with van der Waals surface area (Å²) in [5, 5.41) is 0. The third-order valence-corrected chi connectivity index (χ3v) is 6.08. The molecule has 0 saturated carbocycles. The number of carbonyl (C=O) groups is 1. The molecular weight excluding hydrogens is 322 g/mol. The molecule has 2 aromatic carbocycles. The summed E-state index contributed by atoms with van der Waals surface area (Å²) in [4.78, 5) is 15.6. The number of ether oxygens (including phenoxy) is 1. The lowest BCUT2D eigenvalue weighted by molar-refractivity contribution is -0.141. The van der Waals surface area contributed by atoms with E-state index in [1.165, 1.54) is 16.7 Å². The highest BCUT2D eigenvalue weighted by Gasteiger charge is 2.35. The number of hydrogen-bond acceptors (Lipinski definition) is 2. The van der Waals surface area contributed by atoms with E-state index in [1.807, 2.05) is 6.07 Å². The smallest absolute Gasteiger partial charge is 0.226 e. The van der Waals surface area contributed by atoms with Crippen molar-refractivity contribution < 1.29 is 9.53 Å². The van der Waals surface area contributed by atoms with Crippen LogP contribution >= 0.6 is 0 Å². The van der Waals surface area contributed by atoms with Crippen LogP contribution in [0, 0.1) is 11.8 Å². The minimum Gasteiger partial charge on any atom is -0.381 e. The summed E-state index contributed by atoms with van der Waals surface area (Å²) in [6.07, 6.45) is 2.88. The van der Waals surface area contributed by atoms with Crippen molar-refractivity contribution in [1.29, 1.82) is 0 Å². The van der Waals surface area contributed by atoms with Crippen LogP contribution in [0.4, 0.5) is 0 Å². The van der Waals surface area contributed by atoms with E-state index in [0.717, 1.165) is 32.5 Å². The van der Waals surface area contributed by atoms with Gasteiger partial charge in [-0.2, -0.15) is 0 Å². The first-order valence-corrected chi connectivity index (χ1v) is 9.74. The predicted molar refractivity (Wildman–Crippen MR) is 103 cm³/mol. The Bertz CT molecular complexity index is 752. The molecule has 2 heterocycles. The van der Waals surface area contributed by atoms with Gasteiger partial charge in [-0.3, -0.25) is 4.79 Å². The van der Waals surface area contributed by atoms with Crippen LogP contribution in [0.5, 0.6) is 0 Å². The Hall–Kier alpha value is -2.13. The van der Waals surface area contributed by atoms with Crippen LogP contribution in [0.2, 0.25) is 0 Å². The molecule has 1 saturated heterocycles. The topological polar surface area (TPSA) is 29.5 Å². The van der Waals surface area contributed by atoms with E-state index in [-0.39, 0.29) is 12.0 Å². The fourth-order valence-electron chi connectivity index (χ4n) is 4.41. The van der Waals surface area contributed by atoms with Gasteiger partial charge in [0, 0.05) is 25.7 Å². The second-order valence-electron chi connectivity index (χ2n) is 7.60. The Morgan fingerprint density at radius 1 is 1.00 bits per heavy atom. The molecule has 0 spiro atoms. The number of rotatable bonds is 3. The summed E-state index contributed by atoms with van der Waals surface area (Å²) in [5.41, 5.74) is 3.88. The fourth-order valence-corrected chi connectivity index (χ4v) is 4.41. The van der Waals surface area contributed by atoms with E-state index < -0.39 is 0 Å². The average molecular weight is 349 g/mol. The van der Waals surface area contributed by atoms with E-state index >= 15 is 0 Å². The molecule has 1 amide bonds. The van der Waals surface area contributed by atoms with Crippen molar-refractivity contribution in [2.75, 3.05) is 13.2 Å². The molecule has 1 fully saturated rings. The number of hydrogen-bond donors (Lipinski definition) is 0. The molecule has 0 aliphatic carbocycles. The largest absolute Gasteiger partial charge is 0.381 e. The number of amides is 1. The standard InChI is InChI=1S/C23H27NO2/c1-17(18-11-13-26-14-12-18)23(25)24-16-21-10-6-5-9-20(21)15-22(24)19-7-3-2-4-8-19/h2-10,17-18,22H,11-16H2,1H3/t17-,22-/m0/s1. The zero-order chi connectivity index (χ0) is 17.9. The first kappa shape index (κ1) is 17.3. The second-order valence-corrected chi connectivity index (χ2v) is 7.60. The number of nitrogens with zero attached hydrogens (tertiary/aromatic N) is 1. The highest BCUT2D eigenvalue weighted by atomic mass is 16.5. The Balaban J connectivity index is 1.63. The lowest BCUT2D eigenvalue weighted by atomic mass is 9.84. The van der Waals surface area contributed by atoms with E-state index in [1.54, 1.807) is 0 Å². The number of fused-ring (bicyclic) bond motifs is 1. The lowest BCUT2D eigenvalue weighted by Crippen LogP contribution is -2.43. The molecule has 26 heavy (non-hydrogen) atoms. The van der Waals surface area contributed by atoms with E-state index in [4.69, 9.17) is 4.74 Å². The molecule has 2 aromatic rings. The van der Waals surface area contributed by atoms with Gasteiger partial charge in [0.1, 0.15) is 0 Å². The van der Waals surface area contributed by atoms with Crippen molar-refractivity contribution in [2.45, 2.75) is 38.8 Å². The van der Waals surface area contributed by atoms with Gasteiger partial charge < -0.3 is 9.64 Å². The Kier molecular flexibility index (Phi) is 5.07. The Morgan fingerprint density at radius 2 is 1.65 bits per heavy atom. The molecule has 0 N–H and O–H groups in total. The van der Waals surface area contributed by atoms with E-state index in [9.17, 15) is 4.79 Å². The summed E-state index contributed by atoms with van der Waals surface area (Å²) in [5.74, 6) is 0.778. The third kappa shape index (κ3) is 3.41. The summed E-state index contributed by atoms with van der Waals surface area (Å²) in [6.45, 7) is 4.39. The van der Waals surface area contributed by atoms with E-state index in [0.29, 0.717) is 18.4 Å². The van der Waals surface area contributed by atoms with Crippen molar-refractivity contribution in [2.24, 2.45) is 11.8 Å². The zero-order valence-corrected chi connectivity index (χ0v) is 15.4. The van der Waals surface area contributed by atoms with Crippen LogP contribution in [-0.2, 0) is 22.5 Å². The molecule has 0 bridgehead atoms. The molecule has 0 unspecified atom stereocenters. The van der Waals surface area contributed by atoms with Gasteiger partial charge in [0.25, 0.3) is 0 Å². The highest BCUT2D eigenvalue weighted by molar-refractivity contribution is 5.79. The van der Waals surface area contributed by atoms with Crippen LogP contribution in [0.25, 0.3) is 0 Å². The molecule has 136 valence electrons.